The lowest BCUT2D eigenvalue weighted by Gasteiger charge is -2.25. The zero-order valence-corrected chi connectivity index (χ0v) is 15.4. The Hall–Kier alpha value is -1.70. The summed E-state index contributed by atoms with van der Waals surface area (Å²) >= 11 is 1.76. The van der Waals surface area contributed by atoms with Crippen LogP contribution in [0.15, 0.2) is 53.4 Å². The van der Waals surface area contributed by atoms with E-state index in [1.165, 1.54) is 0 Å². The lowest BCUT2D eigenvalue weighted by atomic mass is 10.1. The Bertz CT molecular complexity index is 762. The fraction of sp³-hybridized carbons (Fsp3) is 0.294. The van der Waals surface area contributed by atoms with E-state index >= 15 is 0 Å². The number of nitrogens with zero attached hydrogens (tertiary/aromatic N) is 1. The van der Waals surface area contributed by atoms with E-state index in [9.17, 15) is 8.42 Å². The van der Waals surface area contributed by atoms with E-state index in [4.69, 9.17) is 9.88 Å². The quantitative estimate of drug-likeness (QED) is 0.778. The molecule has 24 heavy (non-hydrogen) atoms. The third-order valence-electron chi connectivity index (χ3n) is 3.65. The highest BCUT2D eigenvalue weighted by Crippen LogP contribution is 2.24. The van der Waals surface area contributed by atoms with Gasteiger partial charge >= 0.3 is 0 Å². The van der Waals surface area contributed by atoms with Crippen LogP contribution < -0.4 is 14.8 Å². The summed E-state index contributed by atoms with van der Waals surface area (Å²) in [6.45, 7) is 1.52. The highest BCUT2D eigenvalue weighted by atomic mass is 32.2. The van der Waals surface area contributed by atoms with E-state index in [-0.39, 0.29) is 4.90 Å². The van der Waals surface area contributed by atoms with Crippen molar-refractivity contribution < 1.29 is 13.2 Å². The molecule has 0 atom stereocenters. The van der Waals surface area contributed by atoms with Crippen molar-refractivity contribution in [3.63, 3.8) is 0 Å². The monoisotopic (exact) mass is 366 g/mol. The van der Waals surface area contributed by atoms with Crippen LogP contribution in [-0.4, -0.2) is 34.1 Å². The lowest BCUT2D eigenvalue weighted by Crippen LogP contribution is -2.25. The maximum Gasteiger partial charge on any atom is 0.238 e. The summed E-state index contributed by atoms with van der Waals surface area (Å²) in [5, 5.41) is 5.16. The van der Waals surface area contributed by atoms with Gasteiger partial charge < -0.3 is 9.64 Å². The normalized spacial score (nSPS) is 11.3. The average molecular weight is 367 g/mol. The summed E-state index contributed by atoms with van der Waals surface area (Å²) in [6.07, 6.45) is 2.06. The maximum absolute atomic E-state index is 11.4. The second kappa shape index (κ2) is 8.41. The van der Waals surface area contributed by atoms with E-state index in [1.807, 2.05) is 24.3 Å². The van der Waals surface area contributed by atoms with Gasteiger partial charge in [-0.1, -0.05) is 18.2 Å². The van der Waals surface area contributed by atoms with Crippen molar-refractivity contribution in [1.29, 1.82) is 0 Å². The van der Waals surface area contributed by atoms with Crippen molar-refractivity contribution in [2.75, 3.05) is 30.6 Å². The number of nitrogens with two attached hydrogens (primary N) is 1. The van der Waals surface area contributed by atoms with Gasteiger partial charge in [0.25, 0.3) is 0 Å². The average Bonchev–Trinajstić information content (AvgIpc) is 2.58. The SMILES string of the molecule is COc1ccccc1CN(CCSC)c1ccc(S(N)(=O)=O)cc1. The number of hydrogen-bond acceptors (Lipinski definition) is 5. The standard InChI is InChI=1S/C17H22N2O3S2/c1-22-17-6-4-3-5-14(17)13-19(11-12-23-2)15-7-9-16(10-8-15)24(18,20)21/h3-10H,11-13H2,1-2H3,(H2,18,20,21). The molecule has 0 aliphatic rings. The molecule has 0 aliphatic heterocycles. The molecule has 2 rings (SSSR count). The number of thioether (sulfide) groups is 1. The van der Waals surface area contributed by atoms with Crippen LogP contribution in [0.4, 0.5) is 5.69 Å². The van der Waals surface area contributed by atoms with Gasteiger partial charge in [-0.15, -0.1) is 0 Å². The molecule has 0 unspecified atom stereocenters. The van der Waals surface area contributed by atoms with Gasteiger partial charge in [0.15, 0.2) is 0 Å². The minimum Gasteiger partial charge on any atom is -0.496 e. The maximum atomic E-state index is 11.4. The van der Waals surface area contributed by atoms with Crippen LogP contribution >= 0.6 is 11.8 Å². The number of benzene rings is 2. The molecular formula is C17H22N2O3S2. The molecule has 0 aromatic heterocycles. The van der Waals surface area contributed by atoms with Crippen molar-refractivity contribution >= 4 is 27.5 Å². The second-order valence-electron chi connectivity index (χ2n) is 5.27. The fourth-order valence-corrected chi connectivity index (χ4v) is 3.31. The summed E-state index contributed by atoms with van der Waals surface area (Å²) in [5.41, 5.74) is 2.03. The minimum absolute atomic E-state index is 0.119. The first-order valence-electron chi connectivity index (χ1n) is 7.44. The zero-order chi connectivity index (χ0) is 17.6. The molecule has 2 aromatic rings. The highest BCUT2D eigenvalue weighted by Gasteiger charge is 2.12. The van der Waals surface area contributed by atoms with E-state index in [1.54, 1.807) is 43.1 Å². The van der Waals surface area contributed by atoms with Crippen molar-refractivity contribution in [3.05, 3.63) is 54.1 Å². The predicted octanol–water partition coefficient (Wildman–Crippen LogP) is 2.71. The van der Waals surface area contributed by atoms with Crippen molar-refractivity contribution in [3.8, 4) is 5.75 Å². The summed E-state index contributed by atoms with van der Waals surface area (Å²) in [6, 6.07) is 14.5. The molecule has 2 N–H and O–H groups in total. The second-order valence-corrected chi connectivity index (χ2v) is 7.81. The molecular weight excluding hydrogens is 344 g/mol. The summed E-state index contributed by atoms with van der Waals surface area (Å²) in [7, 11) is -2.02. The number of ether oxygens (including phenoxy) is 1. The Morgan fingerprint density at radius 1 is 1.12 bits per heavy atom. The first-order chi connectivity index (χ1) is 11.5. The van der Waals surface area contributed by atoms with E-state index < -0.39 is 10.0 Å². The third kappa shape index (κ3) is 4.90. The number of hydrogen-bond donors (Lipinski definition) is 1. The minimum atomic E-state index is -3.67. The van der Waals surface area contributed by atoms with Gasteiger partial charge in [-0.3, -0.25) is 0 Å². The van der Waals surface area contributed by atoms with Crippen LogP contribution in [0.5, 0.6) is 5.75 Å². The topological polar surface area (TPSA) is 72.6 Å². The van der Waals surface area contributed by atoms with Crippen molar-refractivity contribution in [2.24, 2.45) is 5.14 Å². The molecule has 0 saturated carbocycles. The number of rotatable bonds is 8. The third-order valence-corrected chi connectivity index (χ3v) is 5.17. The molecule has 0 aliphatic carbocycles. The van der Waals surface area contributed by atoms with Crippen LogP contribution in [0.1, 0.15) is 5.56 Å². The largest absolute Gasteiger partial charge is 0.496 e. The summed E-state index contributed by atoms with van der Waals surface area (Å²) < 4.78 is 28.2. The molecule has 0 amide bonds. The predicted molar refractivity (Wildman–Crippen MR) is 100 cm³/mol. The lowest BCUT2D eigenvalue weighted by molar-refractivity contribution is 0.409. The molecule has 7 heteroatoms. The smallest absolute Gasteiger partial charge is 0.238 e. The van der Waals surface area contributed by atoms with Crippen LogP contribution in [0.3, 0.4) is 0 Å². The molecule has 0 radical (unpaired) electrons. The molecule has 0 fully saturated rings. The number of methoxy groups -OCH3 is 1. The number of primary sulfonamides is 1. The Kier molecular flexibility index (Phi) is 6.53. The van der Waals surface area contributed by atoms with Gasteiger partial charge in [-0.25, -0.2) is 13.6 Å². The Labute approximate surface area is 147 Å². The van der Waals surface area contributed by atoms with Gasteiger partial charge in [0, 0.05) is 30.1 Å². The van der Waals surface area contributed by atoms with Gasteiger partial charge in [0.2, 0.25) is 10.0 Å². The van der Waals surface area contributed by atoms with Gasteiger partial charge in [-0.05, 0) is 36.6 Å². The fourth-order valence-electron chi connectivity index (χ4n) is 2.39. The Morgan fingerprint density at radius 2 is 1.79 bits per heavy atom. The number of anilines is 1. The van der Waals surface area contributed by atoms with Crippen molar-refractivity contribution in [1.82, 2.24) is 0 Å². The molecule has 0 saturated heterocycles. The van der Waals surface area contributed by atoms with E-state index in [0.717, 1.165) is 29.3 Å². The van der Waals surface area contributed by atoms with Crippen LogP contribution in [0, 0.1) is 0 Å². The zero-order valence-electron chi connectivity index (χ0n) is 13.8. The van der Waals surface area contributed by atoms with Crippen molar-refractivity contribution in [2.45, 2.75) is 11.4 Å². The number of para-hydroxylation sites is 1. The van der Waals surface area contributed by atoms with Gasteiger partial charge in [-0.2, -0.15) is 11.8 Å². The Balaban J connectivity index is 2.28. The van der Waals surface area contributed by atoms with Gasteiger partial charge in [0.05, 0.1) is 12.0 Å². The van der Waals surface area contributed by atoms with Crippen LogP contribution in [0.2, 0.25) is 0 Å². The van der Waals surface area contributed by atoms with Crippen LogP contribution in [-0.2, 0) is 16.6 Å². The Morgan fingerprint density at radius 3 is 2.38 bits per heavy atom. The summed E-state index contributed by atoms with van der Waals surface area (Å²) in [4.78, 5) is 2.31. The van der Waals surface area contributed by atoms with E-state index in [2.05, 4.69) is 11.2 Å². The van der Waals surface area contributed by atoms with Gasteiger partial charge in [0.1, 0.15) is 5.75 Å². The molecule has 5 nitrogen and oxygen atoms in total. The number of sulfonamides is 1. The van der Waals surface area contributed by atoms with Crippen LogP contribution in [0.25, 0.3) is 0 Å². The summed E-state index contributed by atoms with van der Waals surface area (Å²) in [5.74, 6) is 1.80. The molecule has 130 valence electrons. The first-order valence-corrected chi connectivity index (χ1v) is 10.4. The van der Waals surface area contributed by atoms with E-state index in [0.29, 0.717) is 6.54 Å². The molecule has 2 aromatic carbocycles. The molecule has 0 heterocycles. The molecule has 0 spiro atoms. The first kappa shape index (κ1) is 18.6. The molecule has 0 bridgehead atoms. The highest BCUT2D eigenvalue weighted by molar-refractivity contribution is 7.98.